The third-order valence-electron chi connectivity index (χ3n) is 3.57. The number of rotatable bonds is 2. The molecule has 106 valence electrons. The molecule has 22 heavy (non-hydrogen) atoms. The van der Waals surface area contributed by atoms with E-state index in [1.165, 1.54) is 0 Å². The Bertz CT molecular complexity index is 987. The summed E-state index contributed by atoms with van der Waals surface area (Å²) in [7, 11) is 0. The first kappa shape index (κ1) is 12.6. The van der Waals surface area contributed by atoms with Crippen LogP contribution < -0.4 is 5.43 Å². The van der Waals surface area contributed by atoms with Crippen LogP contribution in [0.5, 0.6) is 0 Å². The van der Waals surface area contributed by atoms with Crippen molar-refractivity contribution in [1.29, 1.82) is 0 Å². The van der Waals surface area contributed by atoms with Crippen LogP contribution in [-0.2, 0) is 0 Å². The molecule has 0 aliphatic rings. The Hall–Kier alpha value is -3.14. The van der Waals surface area contributed by atoms with Crippen LogP contribution in [0.15, 0.2) is 82.5 Å². The molecule has 2 aromatic heterocycles. The van der Waals surface area contributed by atoms with Gasteiger partial charge in [-0.05, 0) is 12.1 Å². The number of hydrogen-bond donors (Lipinski definition) is 0. The van der Waals surface area contributed by atoms with Gasteiger partial charge in [-0.3, -0.25) is 9.36 Å². The number of hydrogen-bond acceptors (Lipinski definition) is 3. The van der Waals surface area contributed by atoms with Gasteiger partial charge < -0.3 is 4.42 Å². The molecule has 0 N–H and O–H groups in total. The maximum Gasteiger partial charge on any atom is 0.217 e. The summed E-state index contributed by atoms with van der Waals surface area (Å²) in [4.78, 5) is 16.9. The second-order valence-electron chi connectivity index (χ2n) is 4.94. The Balaban J connectivity index is 2.14. The van der Waals surface area contributed by atoms with E-state index in [1.807, 2.05) is 42.5 Å². The summed E-state index contributed by atoms with van der Waals surface area (Å²) in [5.74, 6) is 0.544. The minimum Gasteiger partial charge on any atom is -0.454 e. The zero-order chi connectivity index (χ0) is 14.9. The van der Waals surface area contributed by atoms with Crippen molar-refractivity contribution in [1.82, 2.24) is 9.55 Å². The van der Waals surface area contributed by atoms with Crippen LogP contribution in [-0.4, -0.2) is 9.55 Å². The zero-order valence-electron chi connectivity index (χ0n) is 11.6. The molecule has 4 aromatic rings. The first-order valence-corrected chi connectivity index (χ1v) is 6.94. The monoisotopic (exact) mass is 288 g/mol. The van der Waals surface area contributed by atoms with E-state index in [2.05, 4.69) is 4.98 Å². The molecule has 0 saturated heterocycles. The molecule has 0 aliphatic heterocycles. The summed E-state index contributed by atoms with van der Waals surface area (Å²) in [6.07, 6.45) is 4.99. The average molecular weight is 288 g/mol. The first-order chi connectivity index (χ1) is 10.8. The molecule has 4 heteroatoms. The highest BCUT2D eigenvalue weighted by atomic mass is 16.3. The predicted molar refractivity (Wildman–Crippen MR) is 85.0 cm³/mol. The molecule has 2 heterocycles. The Morgan fingerprint density at radius 3 is 2.50 bits per heavy atom. The van der Waals surface area contributed by atoms with Gasteiger partial charge in [0.2, 0.25) is 5.43 Å². The molecule has 0 atom stereocenters. The van der Waals surface area contributed by atoms with Gasteiger partial charge in [-0.25, -0.2) is 4.98 Å². The first-order valence-electron chi connectivity index (χ1n) is 6.94. The normalized spacial score (nSPS) is 10.9. The lowest BCUT2D eigenvalue weighted by molar-refractivity contribution is 0.614. The lowest BCUT2D eigenvalue weighted by Crippen LogP contribution is -2.12. The van der Waals surface area contributed by atoms with Crippen molar-refractivity contribution >= 4 is 11.0 Å². The molecule has 0 saturated carbocycles. The highest BCUT2D eigenvalue weighted by Gasteiger charge is 2.17. The molecule has 0 unspecified atom stereocenters. The Kier molecular flexibility index (Phi) is 2.86. The van der Waals surface area contributed by atoms with Crippen LogP contribution in [0.1, 0.15) is 0 Å². The number of para-hydroxylation sites is 1. The minimum absolute atomic E-state index is 0.0706. The number of benzene rings is 2. The number of fused-ring (bicyclic) bond motifs is 1. The van der Waals surface area contributed by atoms with Crippen molar-refractivity contribution in [3.05, 3.63) is 83.5 Å². The fourth-order valence-corrected chi connectivity index (χ4v) is 2.54. The summed E-state index contributed by atoms with van der Waals surface area (Å²) in [5.41, 5.74) is 1.84. The van der Waals surface area contributed by atoms with Crippen LogP contribution in [0.4, 0.5) is 0 Å². The van der Waals surface area contributed by atoms with Crippen molar-refractivity contribution in [2.45, 2.75) is 0 Å². The van der Waals surface area contributed by atoms with Crippen LogP contribution in [0, 0.1) is 0 Å². The summed E-state index contributed by atoms with van der Waals surface area (Å²) >= 11 is 0. The lowest BCUT2D eigenvalue weighted by atomic mass is 10.1. The van der Waals surface area contributed by atoms with Crippen LogP contribution in [0.3, 0.4) is 0 Å². The topological polar surface area (TPSA) is 48.0 Å². The Morgan fingerprint density at radius 2 is 1.73 bits per heavy atom. The van der Waals surface area contributed by atoms with E-state index in [1.54, 1.807) is 35.4 Å². The molecule has 0 fully saturated rings. The van der Waals surface area contributed by atoms with E-state index < -0.39 is 0 Å². The second-order valence-corrected chi connectivity index (χ2v) is 4.94. The van der Waals surface area contributed by atoms with E-state index in [-0.39, 0.29) is 5.43 Å². The fraction of sp³-hybridized carbons (Fsp3) is 0. The van der Waals surface area contributed by atoms with Gasteiger partial charge in [0.05, 0.1) is 11.7 Å². The van der Waals surface area contributed by atoms with Gasteiger partial charge in [-0.15, -0.1) is 0 Å². The molecular weight excluding hydrogens is 276 g/mol. The van der Waals surface area contributed by atoms with Crippen molar-refractivity contribution in [3.8, 4) is 17.0 Å². The molecule has 4 nitrogen and oxygen atoms in total. The Morgan fingerprint density at radius 1 is 0.955 bits per heavy atom. The van der Waals surface area contributed by atoms with E-state index in [9.17, 15) is 4.79 Å². The third-order valence-corrected chi connectivity index (χ3v) is 3.57. The number of nitrogens with zero attached hydrogens (tertiary/aromatic N) is 2. The SMILES string of the molecule is O=c1c(-n2ccnc2)c(-c2ccccc2)oc2ccccc12. The van der Waals surface area contributed by atoms with Crippen molar-refractivity contribution < 1.29 is 4.42 Å². The van der Waals surface area contributed by atoms with Gasteiger partial charge in [0, 0.05) is 18.0 Å². The van der Waals surface area contributed by atoms with Gasteiger partial charge in [0.15, 0.2) is 5.76 Å². The number of imidazole rings is 1. The summed E-state index contributed by atoms with van der Waals surface area (Å²) in [5, 5.41) is 0.561. The lowest BCUT2D eigenvalue weighted by Gasteiger charge is -2.10. The van der Waals surface area contributed by atoms with E-state index in [4.69, 9.17) is 4.42 Å². The van der Waals surface area contributed by atoms with Gasteiger partial charge >= 0.3 is 0 Å². The van der Waals surface area contributed by atoms with E-state index >= 15 is 0 Å². The molecule has 4 rings (SSSR count). The van der Waals surface area contributed by atoms with Crippen molar-refractivity contribution in [3.63, 3.8) is 0 Å². The molecule has 0 bridgehead atoms. The summed E-state index contributed by atoms with van der Waals surface area (Å²) in [6.45, 7) is 0. The number of aromatic nitrogens is 2. The zero-order valence-corrected chi connectivity index (χ0v) is 11.6. The highest BCUT2D eigenvalue weighted by Crippen LogP contribution is 2.27. The maximum absolute atomic E-state index is 12.9. The third kappa shape index (κ3) is 1.93. The maximum atomic E-state index is 12.9. The van der Waals surface area contributed by atoms with Gasteiger partial charge in [-0.2, -0.15) is 0 Å². The standard InChI is InChI=1S/C18H12N2O2/c21-17-14-8-4-5-9-15(14)22-18(13-6-2-1-3-7-13)16(17)20-11-10-19-12-20/h1-12H. The fourth-order valence-electron chi connectivity index (χ4n) is 2.54. The molecule has 0 spiro atoms. The van der Waals surface area contributed by atoms with Gasteiger partial charge in [0.25, 0.3) is 0 Å². The van der Waals surface area contributed by atoms with E-state index in [0.717, 1.165) is 5.56 Å². The van der Waals surface area contributed by atoms with Gasteiger partial charge in [-0.1, -0.05) is 42.5 Å². The largest absolute Gasteiger partial charge is 0.454 e. The second kappa shape index (κ2) is 5.00. The van der Waals surface area contributed by atoms with Crippen molar-refractivity contribution in [2.75, 3.05) is 0 Å². The molecule has 2 aromatic carbocycles. The molecular formula is C18H12N2O2. The molecule has 0 aliphatic carbocycles. The van der Waals surface area contributed by atoms with Crippen LogP contribution in [0.2, 0.25) is 0 Å². The van der Waals surface area contributed by atoms with Crippen LogP contribution >= 0.6 is 0 Å². The average Bonchev–Trinajstić information content (AvgIpc) is 3.10. The van der Waals surface area contributed by atoms with Crippen LogP contribution in [0.25, 0.3) is 28.0 Å². The quantitative estimate of drug-likeness (QED) is 0.565. The Labute approximate surface area is 126 Å². The summed E-state index contributed by atoms with van der Waals surface area (Å²) in [6, 6.07) is 16.9. The molecule has 0 amide bonds. The predicted octanol–water partition coefficient (Wildman–Crippen LogP) is 3.65. The van der Waals surface area contributed by atoms with E-state index in [0.29, 0.717) is 22.4 Å². The summed E-state index contributed by atoms with van der Waals surface area (Å²) < 4.78 is 7.73. The molecule has 0 radical (unpaired) electrons. The minimum atomic E-state index is -0.0706. The smallest absolute Gasteiger partial charge is 0.217 e. The van der Waals surface area contributed by atoms with Gasteiger partial charge in [0.1, 0.15) is 11.3 Å². The highest BCUT2D eigenvalue weighted by molar-refractivity contribution is 5.83. The van der Waals surface area contributed by atoms with Crippen molar-refractivity contribution in [2.24, 2.45) is 0 Å².